The quantitative estimate of drug-likeness (QED) is 0.653. The van der Waals surface area contributed by atoms with Crippen molar-refractivity contribution in [2.45, 2.75) is 6.29 Å². The smallest absolute Gasteiger partial charge is 0.249 e. The molecule has 2 heterocycles. The Morgan fingerprint density at radius 3 is 3.07 bits per heavy atom. The van der Waals surface area contributed by atoms with Crippen molar-refractivity contribution in [3.63, 3.8) is 0 Å². The van der Waals surface area contributed by atoms with E-state index in [9.17, 15) is 0 Å². The van der Waals surface area contributed by atoms with Gasteiger partial charge in [0.2, 0.25) is 12.2 Å². The van der Waals surface area contributed by atoms with Crippen molar-refractivity contribution in [1.29, 1.82) is 0 Å². The molecule has 0 N–H and O–H groups in total. The molecule has 5 heteroatoms. The number of rotatable bonds is 2. The molecule has 5 nitrogen and oxygen atoms in total. The largest absolute Gasteiger partial charge is 0.441 e. The number of pyridine rings is 1. The van der Waals surface area contributed by atoms with Gasteiger partial charge >= 0.3 is 0 Å². The number of ether oxygens (including phenoxy) is 2. The van der Waals surface area contributed by atoms with Gasteiger partial charge in [0.1, 0.15) is 7.11 Å². The maximum Gasteiger partial charge on any atom is 0.249 e. The summed E-state index contributed by atoms with van der Waals surface area (Å²) < 4.78 is 10.5. The fourth-order valence-electron chi connectivity index (χ4n) is 1.31. The molecule has 1 atom stereocenters. The van der Waals surface area contributed by atoms with E-state index in [1.807, 2.05) is 12.1 Å². The van der Waals surface area contributed by atoms with E-state index in [2.05, 4.69) is 10.1 Å². The second-order valence-corrected chi connectivity index (χ2v) is 2.70. The molecule has 1 aromatic rings. The molecule has 0 bridgehead atoms. The lowest BCUT2D eigenvalue weighted by Gasteiger charge is -2.06. The van der Waals surface area contributed by atoms with Gasteiger partial charge in [-0.05, 0) is 12.1 Å². The molecule has 1 aromatic heterocycles. The molecule has 0 fully saturated rings. The number of oxime groups is 1. The third kappa shape index (κ3) is 1.31. The summed E-state index contributed by atoms with van der Waals surface area (Å²) in [5, 5.41) is 3.84. The molecule has 1 unspecified atom stereocenters. The van der Waals surface area contributed by atoms with Gasteiger partial charge in [0, 0.05) is 13.3 Å². The van der Waals surface area contributed by atoms with Crippen LogP contribution >= 0.6 is 0 Å². The molecule has 14 heavy (non-hydrogen) atoms. The fourth-order valence-corrected chi connectivity index (χ4v) is 1.31. The Kier molecular flexibility index (Phi) is 2.32. The second kappa shape index (κ2) is 3.63. The maximum absolute atomic E-state index is 5.38. The third-order valence-corrected chi connectivity index (χ3v) is 1.89. The molecule has 0 radical (unpaired) electrons. The Bertz CT molecular complexity index is 365. The Morgan fingerprint density at radius 1 is 1.50 bits per heavy atom. The standard InChI is InChI=1S/C9H10N2O3/c1-12-9-7(11-13-2)6-4-3-5-10-8(6)14-9/h3-5,9H,1-2H3. The number of hydrogen-bond donors (Lipinski definition) is 0. The first-order valence-corrected chi connectivity index (χ1v) is 4.12. The van der Waals surface area contributed by atoms with Crippen LogP contribution in [0.15, 0.2) is 23.5 Å². The Morgan fingerprint density at radius 2 is 2.36 bits per heavy atom. The van der Waals surface area contributed by atoms with Gasteiger partial charge in [0.15, 0.2) is 5.71 Å². The topological polar surface area (TPSA) is 52.9 Å². The first kappa shape index (κ1) is 8.96. The van der Waals surface area contributed by atoms with Crippen LogP contribution < -0.4 is 4.74 Å². The summed E-state index contributed by atoms with van der Waals surface area (Å²) in [6, 6.07) is 3.67. The molecule has 1 aliphatic heterocycles. The van der Waals surface area contributed by atoms with Gasteiger partial charge in [-0.15, -0.1) is 0 Å². The summed E-state index contributed by atoms with van der Waals surface area (Å²) in [5.41, 5.74) is 1.42. The monoisotopic (exact) mass is 194 g/mol. The van der Waals surface area contributed by atoms with Gasteiger partial charge in [-0.3, -0.25) is 0 Å². The number of fused-ring (bicyclic) bond motifs is 1. The summed E-state index contributed by atoms with van der Waals surface area (Å²) in [6.45, 7) is 0. The first-order chi connectivity index (χ1) is 6.86. The molecule has 74 valence electrons. The molecule has 0 spiro atoms. The van der Waals surface area contributed by atoms with E-state index >= 15 is 0 Å². The summed E-state index contributed by atoms with van der Waals surface area (Å²) in [6.07, 6.45) is 1.13. The minimum absolute atomic E-state index is 0.523. The minimum Gasteiger partial charge on any atom is -0.441 e. The van der Waals surface area contributed by atoms with Gasteiger partial charge in [0.25, 0.3) is 0 Å². The highest BCUT2D eigenvalue weighted by Gasteiger charge is 2.31. The van der Waals surface area contributed by atoms with Crippen LogP contribution in [-0.4, -0.2) is 31.2 Å². The van der Waals surface area contributed by atoms with Crippen LogP contribution in [0, 0.1) is 0 Å². The van der Waals surface area contributed by atoms with E-state index in [0.29, 0.717) is 11.6 Å². The van der Waals surface area contributed by atoms with Crippen molar-refractivity contribution in [2.75, 3.05) is 14.2 Å². The summed E-state index contributed by atoms with van der Waals surface area (Å²) in [7, 11) is 3.02. The summed E-state index contributed by atoms with van der Waals surface area (Å²) in [5.74, 6) is 0.523. The Labute approximate surface area is 81.3 Å². The number of hydrogen-bond acceptors (Lipinski definition) is 5. The highest BCUT2D eigenvalue weighted by molar-refractivity contribution is 6.06. The summed E-state index contributed by atoms with van der Waals surface area (Å²) in [4.78, 5) is 8.77. The molecule has 1 aliphatic rings. The number of nitrogens with zero attached hydrogens (tertiary/aromatic N) is 2. The molecule has 0 saturated heterocycles. The average Bonchev–Trinajstić information content (AvgIpc) is 2.58. The van der Waals surface area contributed by atoms with Crippen LogP contribution in [0.5, 0.6) is 5.88 Å². The molecular weight excluding hydrogens is 184 g/mol. The lowest BCUT2D eigenvalue weighted by molar-refractivity contribution is 0.00306. The maximum atomic E-state index is 5.38. The SMILES string of the molecule is CON=C1c2cccnc2OC1OC. The zero-order chi connectivity index (χ0) is 9.97. The second-order valence-electron chi connectivity index (χ2n) is 2.70. The summed E-state index contributed by atoms with van der Waals surface area (Å²) >= 11 is 0. The number of methoxy groups -OCH3 is 1. The molecule has 0 aromatic carbocycles. The highest BCUT2D eigenvalue weighted by Crippen LogP contribution is 2.26. The molecule has 0 amide bonds. The van der Waals surface area contributed by atoms with Crippen molar-refractivity contribution in [3.8, 4) is 5.88 Å². The van der Waals surface area contributed by atoms with E-state index in [4.69, 9.17) is 14.3 Å². The fraction of sp³-hybridized carbons (Fsp3) is 0.333. The zero-order valence-electron chi connectivity index (χ0n) is 7.93. The first-order valence-electron chi connectivity index (χ1n) is 4.12. The normalized spacial score (nSPS) is 21.9. The van der Waals surface area contributed by atoms with Crippen molar-refractivity contribution in [1.82, 2.24) is 4.98 Å². The Balaban J connectivity index is 2.42. The van der Waals surface area contributed by atoms with Crippen molar-refractivity contribution in [2.24, 2.45) is 5.16 Å². The third-order valence-electron chi connectivity index (χ3n) is 1.89. The van der Waals surface area contributed by atoms with Gasteiger partial charge in [-0.2, -0.15) is 0 Å². The van der Waals surface area contributed by atoms with Crippen LogP contribution in [0.1, 0.15) is 5.56 Å². The van der Waals surface area contributed by atoms with Crippen molar-refractivity contribution in [3.05, 3.63) is 23.9 Å². The van der Waals surface area contributed by atoms with Gasteiger partial charge in [0.05, 0.1) is 5.56 Å². The lowest BCUT2D eigenvalue weighted by Crippen LogP contribution is -2.23. The minimum atomic E-state index is -0.528. The van der Waals surface area contributed by atoms with Crippen molar-refractivity contribution < 1.29 is 14.3 Å². The molecule has 0 saturated carbocycles. The van der Waals surface area contributed by atoms with E-state index in [-0.39, 0.29) is 0 Å². The van der Waals surface area contributed by atoms with E-state index in [1.54, 1.807) is 13.3 Å². The van der Waals surface area contributed by atoms with Gasteiger partial charge in [-0.1, -0.05) is 5.16 Å². The molecular formula is C9H10N2O3. The van der Waals surface area contributed by atoms with E-state index < -0.39 is 6.29 Å². The molecule has 0 aliphatic carbocycles. The predicted molar refractivity (Wildman–Crippen MR) is 49.2 cm³/mol. The van der Waals surface area contributed by atoms with Crippen LogP contribution in [-0.2, 0) is 9.57 Å². The highest BCUT2D eigenvalue weighted by atomic mass is 16.7. The van der Waals surface area contributed by atoms with Crippen LogP contribution in [0.2, 0.25) is 0 Å². The van der Waals surface area contributed by atoms with Crippen molar-refractivity contribution >= 4 is 5.71 Å². The van der Waals surface area contributed by atoms with E-state index in [0.717, 1.165) is 5.56 Å². The predicted octanol–water partition coefficient (Wildman–Crippen LogP) is 0.797. The lowest BCUT2D eigenvalue weighted by atomic mass is 10.2. The van der Waals surface area contributed by atoms with Gasteiger partial charge in [-0.25, -0.2) is 4.98 Å². The van der Waals surface area contributed by atoms with Crippen LogP contribution in [0.3, 0.4) is 0 Å². The Hall–Kier alpha value is -1.62. The van der Waals surface area contributed by atoms with Crippen LogP contribution in [0.25, 0.3) is 0 Å². The molecule has 2 rings (SSSR count). The number of aromatic nitrogens is 1. The van der Waals surface area contributed by atoms with Gasteiger partial charge < -0.3 is 14.3 Å². The average molecular weight is 194 g/mol. The zero-order valence-corrected chi connectivity index (χ0v) is 7.93. The van der Waals surface area contributed by atoms with E-state index in [1.165, 1.54) is 7.11 Å². The van der Waals surface area contributed by atoms with Crippen LogP contribution in [0.4, 0.5) is 0 Å².